The lowest BCUT2D eigenvalue weighted by Crippen LogP contribution is -2.51. The third-order valence-electron chi connectivity index (χ3n) is 4.75. The minimum Gasteiger partial charge on any atom is -0.369 e. The zero-order valence-electron chi connectivity index (χ0n) is 14.1. The van der Waals surface area contributed by atoms with Gasteiger partial charge in [0.15, 0.2) is 0 Å². The van der Waals surface area contributed by atoms with Crippen molar-refractivity contribution in [2.75, 3.05) is 37.6 Å². The number of rotatable bonds is 6. The number of hydrogen-bond donors (Lipinski definition) is 2. The van der Waals surface area contributed by atoms with E-state index in [1.54, 1.807) is 0 Å². The van der Waals surface area contributed by atoms with Crippen molar-refractivity contribution in [3.05, 3.63) is 47.8 Å². The molecule has 1 fully saturated rings. The van der Waals surface area contributed by atoms with Crippen molar-refractivity contribution in [1.82, 2.24) is 20.4 Å². The summed E-state index contributed by atoms with van der Waals surface area (Å²) in [6.45, 7) is 10.7. The number of nitrogens with one attached hydrogen (secondary N) is 2. The third kappa shape index (κ3) is 4.12. The van der Waals surface area contributed by atoms with Crippen LogP contribution in [0.2, 0.25) is 0 Å². The summed E-state index contributed by atoms with van der Waals surface area (Å²) in [5.74, 6) is 0. The average Bonchev–Trinajstić information content (AvgIpc) is 3.01. The molecular formula is C18H27N5. The first-order chi connectivity index (χ1) is 11.2. The Kier molecular flexibility index (Phi) is 5.31. The van der Waals surface area contributed by atoms with E-state index in [2.05, 4.69) is 69.5 Å². The van der Waals surface area contributed by atoms with Crippen LogP contribution >= 0.6 is 0 Å². The molecule has 1 unspecified atom stereocenters. The maximum absolute atomic E-state index is 4.07. The molecule has 0 spiro atoms. The van der Waals surface area contributed by atoms with E-state index in [9.17, 15) is 0 Å². The van der Waals surface area contributed by atoms with E-state index < -0.39 is 0 Å². The molecule has 0 radical (unpaired) electrons. The van der Waals surface area contributed by atoms with Crippen LogP contribution in [0.5, 0.6) is 0 Å². The van der Waals surface area contributed by atoms with Gasteiger partial charge in [-0.1, -0.05) is 18.2 Å². The van der Waals surface area contributed by atoms with E-state index in [0.717, 1.165) is 45.0 Å². The second-order valence-electron chi connectivity index (χ2n) is 6.36. The molecule has 5 nitrogen and oxygen atoms in total. The average molecular weight is 313 g/mol. The van der Waals surface area contributed by atoms with Crippen LogP contribution in [0.25, 0.3) is 0 Å². The Morgan fingerprint density at radius 2 is 1.91 bits per heavy atom. The largest absolute Gasteiger partial charge is 0.369 e. The zero-order valence-corrected chi connectivity index (χ0v) is 14.1. The Hall–Kier alpha value is -1.85. The summed E-state index contributed by atoms with van der Waals surface area (Å²) in [5.41, 5.74) is 3.75. The van der Waals surface area contributed by atoms with Crippen molar-refractivity contribution < 1.29 is 0 Å². The number of benzene rings is 1. The first kappa shape index (κ1) is 16.0. The van der Waals surface area contributed by atoms with Crippen LogP contribution in [0.1, 0.15) is 18.2 Å². The van der Waals surface area contributed by atoms with Gasteiger partial charge in [0, 0.05) is 62.3 Å². The third-order valence-corrected chi connectivity index (χ3v) is 4.75. The Morgan fingerprint density at radius 1 is 1.17 bits per heavy atom. The highest BCUT2D eigenvalue weighted by atomic mass is 15.3. The number of H-pyrrole nitrogens is 1. The molecule has 1 aliphatic heterocycles. The van der Waals surface area contributed by atoms with Gasteiger partial charge in [0.25, 0.3) is 0 Å². The standard InChI is InChI=1S/C18H27N5/c1-15(12-19-13-17-14-20-21-16(17)2)22-8-10-23(11-9-22)18-6-4-3-5-7-18/h3-7,14-15,19H,8-13H2,1-2H3,(H,20,21). The predicted molar refractivity (Wildman–Crippen MR) is 94.7 cm³/mol. The van der Waals surface area contributed by atoms with Gasteiger partial charge in [-0.15, -0.1) is 0 Å². The Bertz CT molecular complexity index is 586. The predicted octanol–water partition coefficient (Wildman–Crippen LogP) is 2.02. The van der Waals surface area contributed by atoms with Gasteiger partial charge in [0.2, 0.25) is 0 Å². The fourth-order valence-electron chi connectivity index (χ4n) is 3.16. The van der Waals surface area contributed by atoms with E-state index in [-0.39, 0.29) is 0 Å². The molecule has 5 heteroatoms. The van der Waals surface area contributed by atoms with Crippen LogP contribution in [0.15, 0.2) is 36.5 Å². The molecular weight excluding hydrogens is 286 g/mol. The van der Waals surface area contributed by atoms with Crippen LogP contribution in [-0.2, 0) is 6.54 Å². The van der Waals surface area contributed by atoms with Crippen molar-refractivity contribution >= 4 is 5.69 Å². The van der Waals surface area contributed by atoms with Crippen LogP contribution < -0.4 is 10.2 Å². The van der Waals surface area contributed by atoms with E-state index in [4.69, 9.17) is 0 Å². The lowest BCUT2D eigenvalue weighted by molar-refractivity contribution is 0.193. The highest BCUT2D eigenvalue weighted by Crippen LogP contribution is 2.16. The molecule has 0 amide bonds. The minimum atomic E-state index is 0.556. The van der Waals surface area contributed by atoms with Gasteiger partial charge in [-0.05, 0) is 26.0 Å². The second kappa shape index (κ2) is 7.62. The summed E-state index contributed by atoms with van der Waals surface area (Å²) in [4.78, 5) is 5.06. The first-order valence-corrected chi connectivity index (χ1v) is 8.47. The van der Waals surface area contributed by atoms with Gasteiger partial charge in [-0.2, -0.15) is 5.10 Å². The van der Waals surface area contributed by atoms with E-state index >= 15 is 0 Å². The Balaban J connectivity index is 1.41. The number of aromatic nitrogens is 2. The quantitative estimate of drug-likeness (QED) is 0.856. The van der Waals surface area contributed by atoms with E-state index in [0.29, 0.717) is 6.04 Å². The summed E-state index contributed by atoms with van der Waals surface area (Å²) >= 11 is 0. The molecule has 2 N–H and O–H groups in total. The molecule has 3 rings (SSSR count). The fourth-order valence-corrected chi connectivity index (χ4v) is 3.16. The normalized spacial score (nSPS) is 17.4. The van der Waals surface area contributed by atoms with Crippen LogP contribution in [0, 0.1) is 6.92 Å². The summed E-state index contributed by atoms with van der Waals surface area (Å²) in [6.07, 6.45) is 1.91. The van der Waals surface area contributed by atoms with Crippen molar-refractivity contribution in [1.29, 1.82) is 0 Å². The molecule has 1 saturated heterocycles. The van der Waals surface area contributed by atoms with E-state index in [1.807, 2.05) is 6.20 Å². The zero-order chi connectivity index (χ0) is 16.1. The number of hydrogen-bond acceptors (Lipinski definition) is 4. The smallest absolute Gasteiger partial charge is 0.0535 e. The topological polar surface area (TPSA) is 47.2 Å². The number of piperazine rings is 1. The van der Waals surface area contributed by atoms with E-state index in [1.165, 1.54) is 11.3 Å². The molecule has 1 aromatic carbocycles. The van der Waals surface area contributed by atoms with Gasteiger partial charge in [0.05, 0.1) is 6.20 Å². The number of anilines is 1. The lowest BCUT2D eigenvalue weighted by atomic mass is 10.2. The highest BCUT2D eigenvalue weighted by molar-refractivity contribution is 5.46. The van der Waals surface area contributed by atoms with Crippen molar-refractivity contribution in [2.45, 2.75) is 26.4 Å². The monoisotopic (exact) mass is 313 g/mol. The van der Waals surface area contributed by atoms with Gasteiger partial charge in [-0.3, -0.25) is 10.00 Å². The number of aryl methyl sites for hydroxylation is 1. The molecule has 1 atom stereocenters. The maximum Gasteiger partial charge on any atom is 0.0535 e. The molecule has 23 heavy (non-hydrogen) atoms. The summed E-state index contributed by atoms with van der Waals surface area (Å²) < 4.78 is 0. The van der Waals surface area contributed by atoms with Gasteiger partial charge in [-0.25, -0.2) is 0 Å². The molecule has 2 heterocycles. The molecule has 1 aliphatic rings. The van der Waals surface area contributed by atoms with Crippen LogP contribution in [-0.4, -0.2) is 53.9 Å². The number of nitrogens with zero attached hydrogens (tertiary/aromatic N) is 3. The molecule has 2 aromatic rings. The maximum atomic E-state index is 4.07. The fraction of sp³-hybridized carbons (Fsp3) is 0.500. The molecule has 0 saturated carbocycles. The van der Waals surface area contributed by atoms with Gasteiger partial charge < -0.3 is 10.2 Å². The summed E-state index contributed by atoms with van der Waals surface area (Å²) in [6, 6.07) is 11.3. The van der Waals surface area contributed by atoms with Gasteiger partial charge >= 0.3 is 0 Å². The van der Waals surface area contributed by atoms with Gasteiger partial charge in [0.1, 0.15) is 0 Å². The number of para-hydroxylation sites is 1. The summed E-state index contributed by atoms with van der Waals surface area (Å²) in [5, 5.41) is 10.6. The second-order valence-corrected chi connectivity index (χ2v) is 6.36. The molecule has 124 valence electrons. The Morgan fingerprint density at radius 3 is 2.57 bits per heavy atom. The van der Waals surface area contributed by atoms with Crippen molar-refractivity contribution in [3.8, 4) is 0 Å². The molecule has 0 bridgehead atoms. The lowest BCUT2D eigenvalue weighted by Gasteiger charge is -2.39. The van der Waals surface area contributed by atoms with Crippen molar-refractivity contribution in [3.63, 3.8) is 0 Å². The van der Waals surface area contributed by atoms with Crippen LogP contribution in [0.4, 0.5) is 5.69 Å². The first-order valence-electron chi connectivity index (χ1n) is 8.47. The van der Waals surface area contributed by atoms with Crippen molar-refractivity contribution in [2.24, 2.45) is 0 Å². The molecule has 1 aromatic heterocycles. The summed E-state index contributed by atoms with van der Waals surface area (Å²) in [7, 11) is 0. The van der Waals surface area contributed by atoms with Crippen LogP contribution in [0.3, 0.4) is 0 Å². The minimum absolute atomic E-state index is 0.556. The Labute approximate surface area is 138 Å². The number of aromatic amines is 1. The SMILES string of the molecule is Cc1[nH]ncc1CNCC(C)N1CCN(c2ccccc2)CC1. The molecule has 0 aliphatic carbocycles. The highest BCUT2D eigenvalue weighted by Gasteiger charge is 2.20.